The Morgan fingerprint density at radius 2 is 0.958 bits per heavy atom. The number of rotatable bonds is 4. The number of aryl methyl sites for hydroxylation is 2. The van der Waals surface area contributed by atoms with Crippen LogP contribution in [0.1, 0.15) is 54.1 Å². The highest BCUT2D eigenvalue weighted by atomic mass is 16.1. The van der Waals surface area contributed by atoms with Crippen LogP contribution in [-0.2, 0) is 5.41 Å². The Morgan fingerprint density at radius 1 is 0.500 bits per heavy atom. The number of carbonyl (C=O) groups is 2. The minimum atomic E-state index is -1.28. The molecule has 2 heteroatoms. The number of benzene rings is 6. The van der Waals surface area contributed by atoms with Gasteiger partial charge in [-0.1, -0.05) is 151 Å². The van der Waals surface area contributed by atoms with Gasteiger partial charge >= 0.3 is 0 Å². The summed E-state index contributed by atoms with van der Waals surface area (Å²) in [5.74, 6) is 6.04. The average molecular weight is 615 g/mol. The zero-order valence-electron chi connectivity index (χ0n) is 26.7. The summed E-state index contributed by atoms with van der Waals surface area (Å²) in [5, 5.41) is 0. The second-order valence-electron chi connectivity index (χ2n) is 12.5. The molecule has 0 heterocycles. The van der Waals surface area contributed by atoms with Gasteiger partial charge in [0.1, 0.15) is 5.41 Å². The first-order valence-electron chi connectivity index (χ1n) is 16.1. The maximum Gasteiger partial charge on any atom is 0.235 e. The molecule has 2 aliphatic carbocycles. The number of Topliss-reactive ketones (excluding diaryl/α,β-unsaturated/α-hetero) is 2. The lowest BCUT2D eigenvalue weighted by atomic mass is 9.70. The Morgan fingerprint density at radius 3 is 1.50 bits per heavy atom. The van der Waals surface area contributed by atoms with Crippen LogP contribution in [-0.4, -0.2) is 11.6 Å². The number of fused-ring (bicyclic) bond motifs is 6. The second-order valence-corrected chi connectivity index (χ2v) is 12.5. The quantitative estimate of drug-likeness (QED) is 0.0650. The van der Waals surface area contributed by atoms with E-state index in [-0.39, 0.29) is 11.6 Å². The summed E-state index contributed by atoms with van der Waals surface area (Å²) in [7, 11) is 0. The van der Waals surface area contributed by atoms with Crippen LogP contribution in [0.4, 0.5) is 0 Å². The molecule has 0 bridgehead atoms. The molecule has 0 saturated heterocycles. The summed E-state index contributed by atoms with van der Waals surface area (Å²) in [6, 6.07) is 47.8. The second kappa shape index (κ2) is 11.5. The van der Waals surface area contributed by atoms with Crippen LogP contribution < -0.4 is 0 Å². The van der Waals surface area contributed by atoms with E-state index in [0.29, 0.717) is 16.7 Å². The Hall–Kier alpha value is -6.26. The molecule has 8 rings (SSSR count). The van der Waals surface area contributed by atoms with Gasteiger partial charge in [0.25, 0.3) is 0 Å². The lowest BCUT2D eigenvalue weighted by Crippen LogP contribution is -2.31. The van der Waals surface area contributed by atoms with E-state index in [2.05, 4.69) is 54.0 Å². The van der Waals surface area contributed by atoms with Crippen LogP contribution in [0.2, 0.25) is 0 Å². The third-order valence-electron chi connectivity index (χ3n) is 9.41. The van der Waals surface area contributed by atoms with Crippen LogP contribution in [0.25, 0.3) is 27.8 Å². The van der Waals surface area contributed by atoms with Crippen molar-refractivity contribution in [3.8, 4) is 34.1 Å². The standard InChI is InChI=1S/C46H30O2/c1-30-13-11-15-32(27-30)44(47)25-26-46(41-23-9-7-21-38(41)39-22-8-10-24-42(39)46)43(45(48)33-16-12-14-31(2)28-33)29-40-36-19-5-3-17-34(36)35-18-4-6-20-37(35)40/h3-24,27-28H,1-2H3. The maximum atomic E-state index is 15.2. The number of hydrogen-bond acceptors (Lipinski definition) is 2. The Labute approximate surface area is 280 Å². The molecule has 0 aliphatic heterocycles. The topological polar surface area (TPSA) is 34.1 Å². The molecule has 6 aromatic rings. The number of allylic oxidation sites excluding steroid dienone is 1. The lowest BCUT2D eigenvalue weighted by Gasteiger charge is -2.28. The lowest BCUT2D eigenvalue weighted by molar-refractivity contribution is 0.102. The molecule has 0 unspecified atom stereocenters. The summed E-state index contributed by atoms with van der Waals surface area (Å²) < 4.78 is 0. The average Bonchev–Trinajstić information content (AvgIpc) is 3.59. The molecule has 2 aliphatic rings. The van der Waals surface area contributed by atoms with Crippen molar-refractivity contribution in [3.05, 3.63) is 201 Å². The van der Waals surface area contributed by atoms with E-state index in [4.69, 9.17) is 0 Å². The van der Waals surface area contributed by atoms with Crippen LogP contribution >= 0.6 is 0 Å². The zero-order chi connectivity index (χ0) is 32.8. The molecule has 226 valence electrons. The minimum Gasteiger partial charge on any atom is -0.288 e. The fourth-order valence-electron chi connectivity index (χ4n) is 7.24. The van der Waals surface area contributed by atoms with Crippen molar-refractivity contribution >= 4 is 17.1 Å². The summed E-state index contributed by atoms with van der Waals surface area (Å²) in [6.45, 7) is 3.94. The predicted octanol–water partition coefficient (Wildman–Crippen LogP) is 9.98. The van der Waals surface area contributed by atoms with Crippen molar-refractivity contribution in [2.75, 3.05) is 0 Å². The molecular formula is C46H30O2. The zero-order valence-corrected chi connectivity index (χ0v) is 26.7. The van der Waals surface area contributed by atoms with Crippen molar-refractivity contribution in [2.24, 2.45) is 0 Å². The van der Waals surface area contributed by atoms with E-state index in [1.54, 1.807) is 6.07 Å². The van der Waals surface area contributed by atoms with Crippen LogP contribution in [0.5, 0.6) is 0 Å². The summed E-state index contributed by atoms with van der Waals surface area (Å²) in [5.41, 5.74) is 14.6. The normalized spacial score (nSPS) is 12.8. The number of ketones is 2. The van der Waals surface area contributed by atoms with Crippen molar-refractivity contribution < 1.29 is 9.59 Å². The van der Waals surface area contributed by atoms with Crippen molar-refractivity contribution in [3.63, 3.8) is 0 Å². The van der Waals surface area contributed by atoms with E-state index in [0.717, 1.165) is 61.2 Å². The molecule has 0 atom stereocenters. The van der Waals surface area contributed by atoms with Crippen molar-refractivity contribution in [2.45, 2.75) is 19.3 Å². The van der Waals surface area contributed by atoms with Gasteiger partial charge in [-0.3, -0.25) is 9.59 Å². The first kappa shape index (κ1) is 29.2. The van der Waals surface area contributed by atoms with Gasteiger partial charge in [-0.05, 0) is 76.4 Å². The highest BCUT2D eigenvalue weighted by Crippen LogP contribution is 2.54. The van der Waals surface area contributed by atoms with Gasteiger partial charge in [-0.25, -0.2) is 0 Å². The Kier molecular flexibility index (Phi) is 7.00. The maximum absolute atomic E-state index is 15.2. The number of hydrogen-bond donors (Lipinski definition) is 0. The molecule has 0 aromatic heterocycles. The fourth-order valence-corrected chi connectivity index (χ4v) is 7.24. The SMILES string of the molecule is Cc1cccc(C(=O)C#CC2(C(=C=C3c4ccccc4-c4ccccc43)C(=O)c3cccc(C)c3)c3ccccc3-c3ccccc32)c1. The first-order valence-corrected chi connectivity index (χ1v) is 16.1. The van der Waals surface area contributed by atoms with E-state index in [1.807, 2.05) is 117 Å². The number of carbonyl (C=O) groups excluding carboxylic acids is 2. The van der Waals surface area contributed by atoms with Gasteiger partial charge in [-0.2, -0.15) is 0 Å². The van der Waals surface area contributed by atoms with Crippen LogP contribution in [0.3, 0.4) is 0 Å². The highest BCUT2D eigenvalue weighted by Gasteiger charge is 2.48. The summed E-state index contributed by atoms with van der Waals surface area (Å²) in [6.07, 6.45) is 0. The van der Waals surface area contributed by atoms with Crippen molar-refractivity contribution in [1.29, 1.82) is 0 Å². The third-order valence-corrected chi connectivity index (χ3v) is 9.41. The van der Waals surface area contributed by atoms with Crippen LogP contribution in [0, 0.1) is 25.7 Å². The monoisotopic (exact) mass is 614 g/mol. The van der Waals surface area contributed by atoms with E-state index < -0.39 is 5.41 Å². The smallest absolute Gasteiger partial charge is 0.235 e. The molecule has 0 fully saturated rings. The third kappa shape index (κ3) is 4.61. The molecular weight excluding hydrogens is 585 g/mol. The largest absolute Gasteiger partial charge is 0.288 e. The van der Waals surface area contributed by atoms with Crippen LogP contribution in [0.15, 0.2) is 157 Å². The molecule has 0 saturated carbocycles. The Balaban J connectivity index is 1.53. The minimum absolute atomic E-state index is 0.183. The summed E-state index contributed by atoms with van der Waals surface area (Å²) >= 11 is 0. The van der Waals surface area contributed by atoms with Gasteiger partial charge in [0.15, 0.2) is 5.78 Å². The van der Waals surface area contributed by atoms with Gasteiger partial charge in [0.05, 0.1) is 5.57 Å². The first-order chi connectivity index (χ1) is 23.5. The summed E-state index contributed by atoms with van der Waals surface area (Å²) in [4.78, 5) is 29.0. The molecule has 0 amide bonds. The molecule has 0 radical (unpaired) electrons. The molecule has 2 nitrogen and oxygen atoms in total. The van der Waals surface area contributed by atoms with Crippen molar-refractivity contribution in [1.82, 2.24) is 0 Å². The predicted molar refractivity (Wildman–Crippen MR) is 193 cm³/mol. The molecule has 0 N–H and O–H groups in total. The molecule has 0 spiro atoms. The van der Waals surface area contributed by atoms with Gasteiger partial charge in [0, 0.05) is 16.7 Å². The van der Waals surface area contributed by atoms with Gasteiger partial charge in [0.2, 0.25) is 5.78 Å². The highest BCUT2D eigenvalue weighted by molar-refractivity contribution is 6.15. The Bertz CT molecular complexity index is 2360. The molecule has 6 aromatic carbocycles. The van der Waals surface area contributed by atoms with E-state index >= 15 is 4.79 Å². The fraction of sp³-hybridized carbons (Fsp3) is 0.0652. The van der Waals surface area contributed by atoms with E-state index in [9.17, 15) is 4.79 Å². The van der Waals surface area contributed by atoms with Gasteiger partial charge < -0.3 is 0 Å². The van der Waals surface area contributed by atoms with Gasteiger partial charge in [-0.15, -0.1) is 5.73 Å². The van der Waals surface area contributed by atoms with E-state index in [1.165, 1.54) is 0 Å². The molecule has 48 heavy (non-hydrogen) atoms.